The molecule has 0 spiro atoms. The van der Waals surface area contributed by atoms with Gasteiger partial charge in [0.25, 0.3) is 0 Å². The summed E-state index contributed by atoms with van der Waals surface area (Å²) in [7, 11) is 4.81. The first-order valence-electron chi connectivity index (χ1n) is 9.84. The van der Waals surface area contributed by atoms with Crippen LogP contribution in [-0.2, 0) is 6.54 Å². The second-order valence-electron chi connectivity index (χ2n) is 7.24. The van der Waals surface area contributed by atoms with Crippen molar-refractivity contribution < 1.29 is 14.2 Å². The summed E-state index contributed by atoms with van der Waals surface area (Å²) < 4.78 is 18.7. The lowest BCUT2D eigenvalue weighted by Crippen LogP contribution is -2.04. The van der Waals surface area contributed by atoms with E-state index >= 15 is 0 Å². The lowest BCUT2D eigenvalue weighted by molar-refractivity contribution is 0.323. The van der Waals surface area contributed by atoms with E-state index in [1.165, 1.54) is 0 Å². The summed E-state index contributed by atoms with van der Waals surface area (Å²) >= 11 is 0. The van der Waals surface area contributed by atoms with Crippen LogP contribution >= 0.6 is 0 Å². The number of nitriles is 1. The zero-order valence-electron chi connectivity index (χ0n) is 18.0. The molecule has 3 aromatic carbocycles. The highest BCUT2D eigenvalue weighted by Gasteiger charge is 2.17. The Morgan fingerprint density at radius 2 is 1.58 bits per heavy atom. The smallest absolute Gasteiger partial charge is 0.203 e. The van der Waals surface area contributed by atoms with Crippen LogP contribution in [-0.4, -0.2) is 30.9 Å². The summed E-state index contributed by atoms with van der Waals surface area (Å²) in [5.41, 5.74) is 5.65. The van der Waals surface area contributed by atoms with Crippen molar-refractivity contribution in [1.29, 1.82) is 5.26 Å². The average Bonchev–Trinajstić information content (AvgIpc) is 3.15. The maximum absolute atomic E-state index is 9.13. The molecule has 6 heteroatoms. The van der Waals surface area contributed by atoms with Crippen LogP contribution in [0.4, 0.5) is 0 Å². The highest BCUT2D eigenvalue weighted by molar-refractivity contribution is 5.81. The number of rotatable bonds is 6. The van der Waals surface area contributed by atoms with Crippen molar-refractivity contribution in [3.05, 3.63) is 71.3 Å². The SMILES string of the molecule is COc1cc(Cn2c(-c3ccc(C#N)cc3)nc3cc(C)ccc32)cc(OC)c1OC. The van der Waals surface area contributed by atoms with Crippen molar-refractivity contribution in [2.24, 2.45) is 0 Å². The van der Waals surface area contributed by atoms with Crippen molar-refractivity contribution in [3.8, 4) is 34.7 Å². The Morgan fingerprint density at radius 1 is 0.903 bits per heavy atom. The normalized spacial score (nSPS) is 10.7. The van der Waals surface area contributed by atoms with Gasteiger partial charge in [-0.25, -0.2) is 4.98 Å². The van der Waals surface area contributed by atoms with Crippen LogP contribution in [0.15, 0.2) is 54.6 Å². The van der Waals surface area contributed by atoms with Crippen molar-refractivity contribution in [1.82, 2.24) is 9.55 Å². The van der Waals surface area contributed by atoms with E-state index in [9.17, 15) is 0 Å². The number of aryl methyl sites for hydroxylation is 1. The van der Waals surface area contributed by atoms with Gasteiger partial charge in [0.1, 0.15) is 5.82 Å². The highest BCUT2D eigenvalue weighted by Crippen LogP contribution is 2.39. The van der Waals surface area contributed by atoms with E-state index in [1.807, 2.05) is 36.4 Å². The number of benzene rings is 3. The number of nitrogens with zero attached hydrogens (tertiary/aromatic N) is 3. The minimum absolute atomic E-state index is 0.561. The van der Waals surface area contributed by atoms with Gasteiger partial charge in [-0.1, -0.05) is 6.07 Å². The number of hydrogen-bond acceptors (Lipinski definition) is 5. The molecule has 0 fully saturated rings. The van der Waals surface area contributed by atoms with Gasteiger partial charge in [0.15, 0.2) is 11.5 Å². The Morgan fingerprint density at radius 3 is 2.16 bits per heavy atom. The van der Waals surface area contributed by atoms with Crippen molar-refractivity contribution >= 4 is 11.0 Å². The molecule has 0 unspecified atom stereocenters. The Hall–Kier alpha value is -3.98. The molecule has 0 radical (unpaired) electrons. The van der Waals surface area contributed by atoms with E-state index in [-0.39, 0.29) is 0 Å². The summed E-state index contributed by atoms with van der Waals surface area (Å²) in [5.74, 6) is 2.61. The molecular formula is C25H23N3O3. The van der Waals surface area contributed by atoms with E-state index < -0.39 is 0 Å². The molecule has 4 aromatic rings. The predicted octanol–water partition coefficient (Wildman–Crippen LogP) is 4.96. The van der Waals surface area contributed by atoms with Gasteiger partial charge in [-0.3, -0.25) is 0 Å². The quantitative estimate of drug-likeness (QED) is 0.447. The van der Waals surface area contributed by atoms with Crippen LogP contribution in [0.25, 0.3) is 22.4 Å². The van der Waals surface area contributed by atoms with E-state index in [2.05, 4.69) is 35.8 Å². The zero-order valence-corrected chi connectivity index (χ0v) is 18.0. The van der Waals surface area contributed by atoms with Gasteiger partial charge in [0.2, 0.25) is 5.75 Å². The summed E-state index contributed by atoms with van der Waals surface area (Å²) in [6, 6.07) is 19.8. The van der Waals surface area contributed by atoms with Crippen LogP contribution < -0.4 is 14.2 Å². The van der Waals surface area contributed by atoms with Crippen molar-refractivity contribution in [3.63, 3.8) is 0 Å². The number of ether oxygens (including phenoxy) is 3. The summed E-state index contributed by atoms with van der Waals surface area (Å²) in [5, 5.41) is 9.13. The third-order valence-corrected chi connectivity index (χ3v) is 5.24. The Kier molecular flexibility index (Phi) is 5.50. The lowest BCUT2D eigenvalue weighted by Gasteiger charge is -2.16. The zero-order chi connectivity index (χ0) is 22.0. The summed E-state index contributed by atoms with van der Waals surface area (Å²) in [4.78, 5) is 4.91. The molecule has 4 rings (SSSR count). The molecule has 0 aliphatic carbocycles. The molecule has 0 bridgehead atoms. The fraction of sp³-hybridized carbons (Fsp3) is 0.200. The molecule has 0 aliphatic heterocycles. The highest BCUT2D eigenvalue weighted by atomic mass is 16.5. The van der Waals surface area contributed by atoms with E-state index in [0.29, 0.717) is 29.4 Å². The molecule has 6 nitrogen and oxygen atoms in total. The van der Waals surface area contributed by atoms with Gasteiger partial charge >= 0.3 is 0 Å². The molecule has 1 aromatic heterocycles. The van der Waals surface area contributed by atoms with Gasteiger partial charge in [-0.05, 0) is 66.6 Å². The van der Waals surface area contributed by atoms with Gasteiger partial charge < -0.3 is 18.8 Å². The minimum atomic E-state index is 0.561. The molecule has 0 amide bonds. The predicted molar refractivity (Wildman–Crippen MR) is 120 cm³/mol. The maximum atomic E-state index is 9.13. The molecule has 0 saturated carbocycles. The first-order chi connectivity index (χ1) is 15.1. The first-order valence-corrected chi connectivity index (χ1v) is 9.84. The number of imidazole rings is 1. The molecule has 0 atom stereocenters. The van der Waals surface area contributed by atoms with Crippen molar-refractivity contribution in [2.45, 2.75) is 13.5 Å². The maximum Gasteiger partial charge on any atom is 0.203 e. The second-order valence-corrected chi connectivity index (χ2v) is 7.24. The minimum Gasteiger partial charge on any atom is -0.493 e. The topological polar surface area (TPSA) is 69.3 Å². The molecular weight excluding hydrogens is 390 g/mol. The van der Waals surface area contributed by atoms with Crippen molar-refractivity contribution in [2.75, 3.05) is 21.3 Å². The second kappa shape index (κ2) is 8.41. The van der Waals surface area contributed by atoms with Gasteiger partial charge in [0.05, 0.1) is 44.0 Å². The number of aromatic nitrogens is 2. The largest absolute Gasteiger partial charge is 0.493 e. The van der Waals surface area contributed by atoms with Crippen LogP contribution in [0, 0.1) is 18.3 Å². The monoisotopic (exact) mass is 413 g/mol. The standard InChI is InChI=1S/C25H23N3O3/c1-16-5-10-21-20(11-16)27-25(19-8-6-17(14-26)7-9-19)28(21)15-18-12-22(29-2)24(31-4)23(13-18)30-3/h5-13H,15H2,1-4H3. The van der Waals surface area contributed by atoms with Crippen LogP contribution in [0.1, 0.15) is 16.7 Å². The Bertz CT molecular complexity index is 1260. The fourth-order valence-electron chi connectivity index (χ4n) is 3.72. The third-order valence-electron chi connectivity index (χ3n) is 5.24. The molecule has 0 aliphatic rings. The van der Waals surface area contributed by atoms with Crippen LogP contribution in [0.2, 0.25) is 0 Å². The summed E-state index contributed by atoms with van der Waals surface area (Å²) in [6.45, 7) is 2.62. The third kappa shape index (κ3) is 3.78. The van der Waals surface area contributed by atoms with Crippen LogP contribution in [0.5, 0.6) is 17.2 Å². The van der Waals surface area contributed by atoms with Crippen LogP contribution in [0.3, 0.4) is 0 Å². The fourth-order valence-corrected chi connectivity index (χ4v) is 3.72. The number of methoxy groups -OCH3 is 3. The van der Waals surface area contributed by atoms with E-state index in [1.54, 1.807) is 21.3 Å². The lowest BCUT2D eigenvalue weighted by atomic mass is 10.1. The van der Waals surface area contributed by atoms with E-state index in [4.69, 9.17) is 24.5 Å². The molecule has 156 valence electrons. The van der Waals surface area contributed by atoms with Gasteiger partial charge in [-0.15, -0.1) is 0 Å². The Labute approximate surface area is 181 Å². The number of hydrogen-bond donors (Lipinski definition) is 0. The summed E-state index contributed by atoms with van der Waals surface area (Å²) in [6.07, 6.45) is 0. The van der Waals surface area contributed by atoms with E-state index in [0.717, 1.165) is 33.5 Å². The molecule has 0 N–H and O–H groups in total. The van der Waals surface area contributed by atoms with Gasteiger partial charge in [0, 0.05) is 12.1 Å². The molecule has 1 heterocycles. The molecule has 31 heavy (non-hydrogen) atoms. The first kappa shape index (κ1) is 20.3. The average molecular weight is 413 g/mol. The number of fused-ring (bicyclic) bond motifs is 1. The van der Waals surface area contributed by atoms with Gasteiger partial charge in [-0.2, -0.15) is 5.26 Å². The molecule has 0 saturated heterocycles. The Balaban J connectivity index is 1.87.